The fraction of sp³-hybridized carbons (Fsp3) is 0.231. The largest absolute Gasteiger partial charge is 0.493 e. The first kappa shape index (κ1) is 14.2. The highest BCUT2D eigenvalue weighted by Gasteiger charge is 2.15. The third-order valence-corrected chi connectivity index (χ3v) is 2.95. The topological polar surface area (TPSA) is 76.2 Å². The summed E-state index contributed by atoms with van der Waals surface area (Å²) in [4.78, 5) is 19.0. The van der Waals surface area contributed by atoms with Crippen molar-refractivity contribution >= 4 is 17.5 Å². The van der Waals surface area contributed by atoms with Gasteiger partial charge in [0.1, 0.15) is 5.82 Å². The molecule has 0 spiro atoms. The van der Waals surface area contributed by atoms with E-state index in [4.69, 9.17) is 21.1 Å². The number of nitrogens with zero attached hydrogens (tertiary/aromatic N) is 1. The van der Waals surface area contributed by atoms with Crippen LogP contribution >= 0.6 is 11.6 Å². The Bertz CT molecular complexity index is 599. The minimum atomic E-state index is -0.274. The van der Waals surface area contributed by atoms with E-state index in [1.165, 1.54) is 20.3 Å². The fourth-order valence-corrected chi connectivity index (χ4v) is 2.00. The fourth-order valence-electron chi connectivity index (χ4n) is 1.71. The van der Waals surface area contributed by atoms with Gasteiger partial charge in [-0.2, -0.15) is 0 Å². The van der Waals surface area contributed by atoms with Gasteiger partial charge in [0.15, 0.2) is 11.5 Å². The van der Waals surface area contributed by atoms with E-state index in [2.05, 4.69) is 15.3 Å². The van der Waals surface area contributed by atoms with E-state index in [0.29, 0.717) is 34.5 Å². The summed E-state index contributed by atoms with van der Waals surface area (Å²) in [6, 6.07) is 3.10. The standard InChI is InChI=1S/C13H14ClN3O3/c1-19-10-6-8(5-9(14)12(10)20-2)13(18)17-7-11-15-3-4-16-11/h3-6H,7H2,1-2H3,(H,15,16)(H,17,18). The number of hydrogen-bond donors (Lipinski definition) is 2. The number of H-pyrrole nitrogens is 1. The molecule has 1 aromatic carbocycles. The molecule has 1 aromatic heterocycles. The highest BCUT2D eigenvalue weighted by atomic mass is 35.5. The molecule has 0 radical (unpaired) electrons. The van der Waals surface area contributed by atoms with Gasteiger partial charge in [0.05, 0.1) is 25.8 Å². The van der Waals surface area contributed by atoms with Gasteiger partial charge in [0.25, 0.3) is 5.91 Å². The van der Waals surface area contributed by atoms with Crippen molar-refractivity contribution < 1.29 is 14.3 Å². The molecule has 0 saturated carbocycles. The van der Waals surface area contributed by atoms with Crippen LogP contribution in [0.5, 0.6) is 11.5 Å². The van der Waals surface area contributed by atoms with Crippen LogP contribution in [0.3, 0.4) is 0 Å². The van der Waals surface area contributed by atoms with Crippen molar-refractivity contribution in [1.29, 1.82) is 0 Å². The molecule has 2 N–H and O–H groups in total. The molecule has 6 nitrogen and oxygen atoms in total. The summed E-state index contributed by atoms with van der Waals surface area (Å²) in [7, 11) is 2.97. The highest BCUT2D eigenvalue weighted by Crippen LogP contribution is 2.35. The number of methoxy groups -OCH3 is 2. The monoisotopic (exact) mass is 295 g/mol. The number of hydrogen-bond acceptors (Lipinski definition) is 4. The number of carbonyl (C=O) groups is 1. The third kappa shape index (κ3) is 3.03. The molecule has 20 heavy (non-hydrogen) atoms. The zero-order chi connectivity index (χ0) is 14.5. The maximum atomic E-state index is 12.1. The molecule has 0 fully saturated rings. The first-order chi connectivity index (χ1) is 9.65. The van der Waals surface area contributed by atoms with Crippen molar-refractivity contribution in [2.75, 3.05) is 14.2 Å². The van der Waals surface area contributed by atoms with Crippen LogP contribution in [0.25, 0.3) is 0 Å². The summed E-state index contributed by atoms with van der Waals surface area (Å²) in [5, 5.41) is 3.04. The zero-order valence-electron chi connectivity index (χ0n) is 11.1. The van der Waals surface area contributed by atoms with Crippen LogP contribution in [0, 0.1) is 0 Å². The molecule has 0 aliphatic carbocycles. The molecule has 1 amide bonds. The van der Waals surface area contributed by atoms with Gasteiger partial charge in [-0.05, 0) is 12.1 Å². The van der Waals surface area contributed by atoms with E-state index in [0.717, 1.165) is 0 Å². The Morgan fingerprint density at radius 1 is 1.40 bits per heavy atom. The first-order valence-electron chi connectivity index (χ1n) is 5.83. The third-order valence-electron chi connectivity index (χ3n) is 2.67. The van der Waals surface area contributed by atoms with Gasteiger partial charge < -0.3 is 19.8 Å². The van der Waals surface area contributed by atoms with Gasteiger partial charge in [0.2, 0.25) is 0 Å². The Hall–Kier alpha value is -2.21. The average molecular weight is 296 g/mol. The summed E-state index contributed by atoms with van der Waals surface area (Å²) in [6.07, 6.45) is 3.31. The molecule has 0 bridgehead atoms. The lowest BCUT2D eigenvalue weighted by atomic mass is 10.2. The van der Waals surface area contributed by atoms with Crippen molar-refractivity contribution in [3.8, 4) is 11.5 Å². The molecule has 0 aliphatic heterocycles. The van der Waals surface area contributed by atoms with Crippen LogP contribution in [-0.4, -0.2) is 30.1 Å². The Morgan fingerprint density at radius 2 is 2.20 bits per heavy atom. The Morgan fingerprint density at radius 3 is 2.80 bits per heavy atom. The maximum Gasteiger partial charge on any atom is 0.251 e. The minimum Gasteiger partial charge on any atom is -0.493 e. The van der Waals surface area contributed by atoms with Crippen LogP contribution in [0.2, 0.25) is 5.02 Å². The Kier molecular flexibility index (Phi) is 4.47. The number of nitrogens with one attached hydrogen (secondary N) is 2. The van der Waals surface area contributed by atoms with Gasteiger partial charge >= 0.3 is 0 Å². The summed E-state index contributed by atoms with van der Waals surface area (Å²) >= 11 is 6.05. The van der Waals surface area contributed by atoms with Crippen molar-refractivity contribution in [1.82, 2.24) is 15.3 Å². The van der Waals surface area contributed by atoms with Gasteiger partial charge in [0, 0.05) is 18.0 Å². The zero-order valence-corrected chi connectivity index (χ0v) is 11.8. The predicted octanol–water partition coefficient (Wildman–Crippen LogP) is 2.01. The van der Waals surface area contributed by atoms with Crippen LogP contribution in [0.4, 0.5) is 0 Å². The van der Waals surface area contributed by atoms with Crippen LogP contribution in [-0.2, 0) is 6.54 Å². The molecule has 0 saturated heterocycles. The molecule has 106 valence electrons. The number of ether oxygens (including phenoxy) is 2. The van der Waals surface area contributed by atoms with Gasteiger partial charge in [-0.15, -0.1) is 0 Å². The SMILES string of the molecule is COc1cc(C(=O)NCc2ncc[nH]2)cc(Cl)c1OC. The first-order valence-corrected chi connectivity index (χ1v) is 6.21. The molecular formula is C13H14ClN3O3. The molecule has 2 rings (SSSR count). The summed E-state index contributed by atoms with van der Waals surface area (Å²) < 4.78 is 10.3. The second-order valence-corrected chi connectivity index (χ2v) is 4.32. The number of carbonyl (C=O) groups excluding carboxylic acids is 1. The van der Waals surface area contributed by atoms with Crippen LogP contribution < -0.4 is 14.8 Å². The number of aromatic nitrogens is 2. The second kappa shape index (κ2) is 6.29. The Balaban J connectivity index is 2.15. The molecule has 0 unspecified atom stereocenters. The molecule has 1 heterocycles. The smallest absolute Gasteiger partial charge is 0.251 e. The quantitative estimate of drug-likeness (QED) is 0.885. The lowest BCUT2D eigenvalue weighted by Gasteiger charge is -2.11. The molecule has 0 atom stereocenters. The van der Waals surface area contributed by atoms with Crippen LogP contribution in [0.15, 0.2) is 24.5 Å². The van der Waals surface area contributed by atoms with Gasteiger partial charge in [-0.25, -0.2) is 4.98 Å². The number of rotatable bonds is 5. The highest BCUT2D eigenvalue weighted by molar-refractivity contribution is 6.32. The van der Waals surface area contributed by atoms with Crippen molar-refractivity contribution in [2.24, 2.45) is 0 Å². The van der Waals surface area contributed by atoms with Gasteiger partial charge in [-0.3, -0.25) is 4.79 Å². The van der Waals surface area contributed by atoms with Crippen molar-refractivity contribution in [3.63, 3.8) is 0 Å². The number of benzene rings is 1. The summed E-state index contributed by atoms with van der Waals surface area (Å²) in [5.41, 5.74) is 0.388. The number of amides is 1. The van der Waals surface area contributed by atoms with E-state index < -0.39 is 0 Å². The molecule has 7 heteroatoms. The second-order valence-electron chi connectivity index (χ2n) is 3.91. The molecule has 0 aliphatic rings. The van der Waals surface area contributed by atoms with E-state index in [-0.39, 0.29) is 5.91 Å². The summed E-state index contributed by atoms with van der Waals surface area (Å²) in [5.74, 6) is 1.20. The molecular weight excluding hydrogens is 282 g/mol. The number of aromatic amines is 1. The average Bonchev–Trinajstić information content (AvgIpc) is 2.97. The van der Waals surface area contributed by atoms with Crippen LogP contribution in [0.1, 0.15) is 16.2 Å². The lowest BCUT2D eigenvalue weighted by molar-refractivity contribution is 0.0949. The Labute approximate surface area is 121 Å². The van der Waals surface area contributed by atoms with E-state index in [1.54, 1.807) is 18.5 Å². The van der Waals surface area contributed by atoms with E-state index in [1.807, 2.05) is 0 Å². The number of halogens is 1. The van der Waals surface area contributed by atoms with Crippen molar-refractivity contribution in [2.45, 2.75) is 6.54 Å². The van der Waals surface area contributed by atoms with E-state index >= 15 is 0 Å². The van der Waals surface area contributed by atoms with Gasteiger partial charge in [-0.1, -0.05) is 11.6 Å². The number of imidazole rings is 1. The van der Waals surface area contributed by atoms with Crippen molar-refractivity contribution in [3.05, 3.63) is 40.9 Å². The predicted molar refractivity (Wildman–Crippen MR) is 74.3 cm³/mol. The maximum absolute atomic E-state index is 12.1. The summed E-state index contributed by atoms with van der Waals surface area (Å²) in [6.45, 7) is 0.303. The van der Waals surface area contributed by atoms with E-state index in [9.17, 15) is 4.79 Å². The lowest BCUT2D eigenvalue weighted by Crippen LogP contribution is -2.23. The minimum absolute atomic E-state index is 0.274. The normalized spacial score (nSPS) is 10.2. The molecule has 2 aromatic rings.